The van der Waals surface area contributed by atoms with Gasteiger partial charge in [0.1, 0.15) is 5.82 Å². The molecule has 1 unspecified atom stereocenters. The normalized spacial score (nSPS) is 23.6. The lowest BCUT2D eigenvalue weighted by Crippen LogP contribution is -2.33. The number of hydrogen-bond acceptors (Lipinski definition) is 2. The Morgan fingerprint density at radius 1 is 1.50 bits per heavy atom. The van der Waals surface area contributed by atoms with Crippen LogP contribution in [0.15, 0.2) is 24.3 Å². The molecule has 1 heterocycles. The van der Waals surface area contributed by atoms with Crippen LogP contribution in [0.5, 0.6) is 0 Å². The number of likely N-dealkylation sites (tertiary alicyclic amines) is 1. The zero-order valence-corrected chi connectivity index (χ0v) is 9.91. The third-order valence-electron chi connectivity index (χ3n) is 3.23. The van der Waals surface area contributed by atoms with Crippen LogP contribution >= 0.6 is 0 Å². The summed E-state index contributed by atoms with van der Waals surface area (Å²) in [7, 11) is 2.13. The van der Waals surface area contributed by atoms with Crippen molar-refractivity contribution in [3.05, 3.63) is 35.6 Å². The van der Waals surface area contributed by atoms with Crippen LogP contribution < -0.4 is 5.32 Å². The number of rotatable bonds is 3. The number of nitrogens with zero attached hydrogens (tertiary/aromatic N) is 1. The van der Waals surface area contributed by atoms with Crippen molar-refractivity contribution in [3.63, 3.8) is 0 Å². The van der Waals surface area contributed by atoms with E-state index in [2.05, 4.69) is 24.2 Å². The molecule has 1 fully saturated rings. The zero-order valence-electron chi connectivity index (χ0n) is 9.91. The van der Waals surface area contributed by atoms with Gasteiger partial charge in [-0.05, 0) is 44.6 Å². The van der Waals surface area contributed by atoms with Crippen molar-refractivity contribution in [2.75, 3.05) is 20.1 Å². The Morgan fingerprint density at radius 2 is 2.31 bits per heavy atom. The van der Waals surface area contributed by atoms with E-state index in [-0.39, 0.29) is 11.9 Å². The van der Waals surface area contributed by atoms with Gasteiger partial charge < -0.3 is 10.2 Å². The molecular weight excluding hydrogens is 203 g/mol. The van der Waals surface area contributed by atoms with Crippen molar-refractivity contribution in [1.82, 2.24) is 10.2 Å². The number of hydrogen-bond donors (Lipinski definition) is 1. The summed E-state index contributed by atoms with van der Waals surface area (Å²) in [6, 6.07) is 7.58. The van der Waals surface area contributed by atoms with Gasteiger partial charge in [-0.1, -0.05) is 12.1 Å². The van der Waals surface area contributed by atoms with Crippen LogP contribution in [0.3, 0.4) is 0 Å². The minimum Gasteiger partial charge on any atom is -0.306 e. The predicted molar refractivity (Wildman–Crippen MR) is 63.9 cm³/mol. The lowest BCUT2D eigenvalue weighted by Gasteiger charge is -2.19. The molecule has 2 rings (SSSR count). The first-order valence-electron chi connectivity index (χ1n) is 5.85. The largest absolute Gasteiger partial charge is 0.306 e. The van der Waals surface area contributed by atoms with Crippen molar-refractivity contribution in [1.29, 1.82) is 0 Å². The van der Waals surface area contributed by atoms with Gasteiger partial charge in [0.25, 0.3) is 0 Å². The molecule has 0 amide bonds. The molecule has 3 heteroatoms. The molecule has 1 aliphatic rings. The van der Waals surface area contributed by atoms with Crippen molar-refractivity contribution >= 4 is 0 Å². The third kappa shape index (κ3) is 2.80. The Balaban J connectivity index is 1.95. The Morgan fingerprint density at radius 3 is 2.94 bits per heavy atom. The summed E-state index contributed by atoms with van der Waals surface area (Å²) in [5.74, 6) is -0.158. The van der Waals surface area contributed by atoms with Crippen LogP contribution in [-0.4, -0.2) is 31.1 Å². The standard InChI is InChI=1S/C13H19FN2/c1-10(11-4-3-5-12(14)8-11)15-13-6-7-16(2)9-13/h3-5,8,10,13,15H,6-7,9H2,1-2H3/t10-,13?/m1/s1. The van der Waals surface area contributed by atoms with Gasteiger partial charge in [0, 0.05) is 18.6 Å². The van der Waals surface area contributed by atoms with E-state index < -0.39 is 0 Å². The molecule has 1 aromatic carbocycles. The van der Waals surface area contributed by atoms with E-state index in [0.29, 0.717) is 6.04 Å². The summed E-state index contributed by atoms with van der Waals surface area (Å²) in [4.78, 5) is 2.32. The summed E-state index contributed by atoms with van der Waals surface area (Å²) in [5.41, 5.74) is 1.02. The van der Waals surface area contributed by atoms with Crippen molar-refractivity contribution in [2.24, 2.45) is 0 Å². The summed E-state index contributed by atoms with van der Waals surface area (Å²) in [5, 5.41) is 3.54. The molecule has 0 spiro atoms. The maximum Gasteiger partial charge on any atom is 0.123 e. The molecule has 16 heavy (non-hydrogen) atoms. The van der Waals surface area contributed by atoms with Gasteiger partial charge in [-0.15, -0.1) is 0 Å². The maximum absolute atomic E-state index is 13.1. The van der Waals surface area contributed by atoms with Gasteiger partial charge >= 0.3 is 0 Å². The first-order chi connectivity index (χ1) is 7.65. The molecule has 0 aliphatic carbocycles. The van der Waals surface area contributed by atoms with E-state index in [1.165, 1.54) is 12.5 Å². The maximum atomic E-state index is 13.1. The number of likely N-dealkylation sites (N-methyl/N-ethyl adjacent to an activating group) is 1. The zero-order chi connectivity index (χ0) is 11.5. The fraction of sp³-hybridized carbons (Fsp3) is 0.538. The van der Waals surface area contributed by atoms with Gasteiger partial charge in [0.2, 0.25) is 0 Å². The van der Waals surface area contributed by atoms with Crippen LogP contribution in [-0.2, 0) is 0 Å². The Labute approximate surface area is 96.5 Å². The van der Waals surface area contributed by atoms with Crippen LogP contribution in [0.1, 0.15) is 24.9 Å². The van der Waals surface area contributed by atoms with Crippen LogP contribution in [0.4, 0.5) is 4.39 Å². The lowest BCUT2D eigenvalue weighted by atomic mass is 10.1. The molecule has 0 radical (unpaired) electrons. The predicted octanol–water partition coefficient (Wildman–Crippen LogP) is 2.18. The van der Waals surface area contributed by atoms with Gasteiger partial charge in [0.15, 0.2) is 0 Å². The van der Waals surface area contributed by atoms with Gasteiger partial charge in [0.05, 0.1) is 0 Å². The number of halogens is 1. The highest BCUT2D eigenvalue weighted by Gasteiger charge is 2.21. The van der Waals surface area contributed by atoms with E-state index in [4.69, 9.17) is 0 Å². The van der Waals surface area contributed by atoms with Crippen LogP contribution in [0, 0.1) is 5.82 Å². The second kappa shape index (κ2) is 4.93. The smallest absolute Gasteiger partial charge is 0.123 e. The second-order valence-corrected chi connectivity index (χ2v) is 4.69. The number of benzene rings is 1. The Bertz CT molecular complexity index is 354. The number of nitrogens with one attached hydrogen (secondary N) is 1. The van der Waals surface area contributed by atoms with E-state index in [1.807, 2.05) is 6.07 Å². The van der Waals surface area contributed by atoms with Crippen molar-refractivity contribution in [3.8, 4) is 0 Å². The van der Waals surface area contributed by atoms with E-state index in [0.717, 1.165) is 18.7 Å². The van der Waals surface area contributed by atoms with E-state index in [9.17, 15) is 4.39 Å². The van der Waals surface area contributed by atoms with Gasteiger partial charge in [-0.3, -0.25) is 0 Å². The molecule has 0 saturated carbocycles. The summed E-state index contributed by atoms with van der Waals surface area (Å²) in [6.07, 6.45) is 1.18. The fourth-order valence-electron chi connectivity index (χ4n) is 2.30. The van der Waals surface area contributed by atoms with Crippen molar-refractivity contribution in [2.45, 2.75) is 25.4 Å². The van der Waals surface area contributed by atoms with E-state index >= 15 is 0 Å². The first kappa shape index (κ1) is 11.6. The van der Waals surface area contributed by atoms with Gasteiger partial charge in [-0.25, -0.2) is 4.39 Å². The molecule has 2 atom stereocenters. The summed E-state index contributed by atoms with van der Waals surface area (Å²) in [6.45, 7) is 4.32. The quantitative estimate of drug-likeness (QED) is 0.843. The Kier molecular flexibility index (Phi) is 3.56. The van der Waals surface area contributed by atoms with E-state index in [1.54, 1.807) is 12.1 Å². The minimum absolute atomic E-state index is 0.158. The molecule has 1 aromatic rings. The molecule has 2 nitrogen and oxygen atoms in total. The van der Waals surface area contributed by atoms with Crippen molar-refractivity contribution < 1.29 is 4.39 Å². The monoisotopic (exact) mass is 222 g/mol. The average molecular weight is 222 g/mol. The molecular formula is C13H19FN2. The third-order valence-corrected chi connectivity index (χ3v) is 3.23. The minimum atomic E-state index is -0.158. The molecule has 0 bridgehead atoms. The highest BCUT2D eigenvalue weighted by atomic mass is 19.1. The fourth-order valence-corrected chi connectivity index (χ4v) is 2.30. The highest BCUT2D eigenvalue weighted by Crippen LogP contribution is 2.16. The molecule has 1 aliphatic heterocycles. The Hall–Kier alpha value is -0.930. The van der Waals surface area contributed by atoms with Crippen LogP contribution in [0.2, 0.25) is 0 Å². The average Bonchev–Trinajstić information content (AvgIpc) is 2.64. The molecule has 1 N–H and O–H groups in total. The molecule has 88 valence electrons. The highest BCUT2D eigenvalue weighted by molar-refractivity contribution is 5.19. The van der Waals surface area contributed by atoms with Gasteiger partial charge in [-0.2, -0.15) is 0 Å². The van der Waals surface area contributed by atoms with Crippen LogP contribution in [0.25, 0.3) is 0 Å². The molecule has 0 aromatic heterocycles. The second-order valence-electron chi connectivity index (χ2n) is 4.69. The lowest BCUT2D eigenvalue weighted by molar-refractivity contribution is 0.387. The molecule has 1 saturated heterocycles. The topological polar surface area (TPSA) is 15.3 Å². The summed E-state index contributed by atoms with van der Waals surface area (Å²) >= 11 is 0. The summed E-state index contributed by atoms with van der Waals surface area (Å²) < 4.78 is 13.1. The SMILES string of the molecule is C[C@@H](NC1CCN(C)C1)c1cccc(F)c1. The first-order valence-corrected chi connectivity index (χ1v) is 5.85.